The van der Waals surface area contributed by atoms with Crippen molar-refractivity contribution in [2.24, 2.45) is 5.14 Å². The molecule has 6 heterocycles. The van der Waals surface area contributed by atoms with Crippen LogP contribution < -0.4 is 19.7 Å². The third-order valence-corrected chi connectivity index (χ3v) is 13.7. The molecule has 2 spiro atoms. The number of rotatable bonds is 5. The molecule has 0 aromatic carbocycles. The number of hydrogen-bond donors (Lipinski definition) is 3. The number of ether oxygens (including phenoxy) is 5. The van der Waals surface area contributed by atoms with Gasteiger partial charge in [0.05, 0.1) is 21.9 Å². The van der Waals surface area contributed by atoms with E-state index >= 15 is 0 Å². The average Bonchev–Trinajstić information content (AvgIpc) is 4.00. The fourth-order valence-corrected chi connectivity index (χ4v) is 10.5. The van der Waals surface area contributed by atoms with Crippen LogP contribution in [0.15, 0.2) is 37.2 Å². The molecule has 2 aliphatic carbocycles. The van der Waals surface area contributed by atoms with E-state index in [0.29, 0.717) is 62.4 Å². The van der Waals surface area contributed by atoms with E-state index in [1.807, 2.05) is 21.9 Å². The molecule has 27 heteroatoms. The molecule has 71 heavy (non-hydrogen) atoms. The molecule has 0 atom stereocenters. The van der Waals surface area contributed by atoms with Crippen LogP contribution in [0.3, 0.4) is 0 Å². The highest BCUT2D eigenvalue weighted by molar-refractivity contribution is 7.87. The van der Waals surface area contributed by atoms with Crippen molar-refractivity contribution < 1.29 is 59.7 Å². The van der Waals surface area contributed by atoms with Gasteiger partial charge >= 0.3 is 34.7 Å². The number of aromatic amines is 1. The Morgan fingerprint density at radius 1 is 0.634 bits per heavy atom. The maximum absolute atomic E-state index is 13.0. The number of piperazine rings is 2. The second-order valence-corrected chi connectivity index (χ2v) is 24.7. The van der Waals surface area contributed by atoms with Crippen LogP contribution in [0.4, 0.5) is 30.8 Å². The Labute approximate surface area is 413 Å². The van der Waals surface area contributed by atoms with Crippen LogP contribution in [-0.2, 0) is 44.1 Å². The second-order valence-electron chi connectivity index (χ2n) is 21.7. The molecule has 392 valence electrons. The number of amides is 1. The first-order valence-corrected chi connectivity index (χ1v) is 25.9. The third-order valence-electron chi connectivity index (χ3n) is 11.0. The minimum atomic E-state index is -4.09. The summed E-state index contributed by atoms with van der Waals surface area (Å²) in [6.45, 7) is 22.9. The minimum absolute atomic E-state index is 0.163. The van der Waals surface area contributed by atoms with Gasteiger partial charge in [-0.3, -0.25) is 0 Å². The first kappa shape index (κ1) is 54.4. The summed E-state index contributed by atoms with van der Waals surface area (Å²) in [7, 11) is -7.73. The highest BCUT2D eigenvalue weighted by Crippen LogP contribution is 2.47. The van der Waals surface area contributed by atoms with Crippen molar-refractivity contribution in [3.05, 3.63) is 37.2 Å². The zero-order valence-electron chi connectivity index (χ0n) is 42.3. The molecule has 2 saturated heterocycles. The monoisotopic (exact) mass is 1030 g/mol. The Hall–Kier alpha value is -5.90. The molecule has 0 radical (unpaired) electrons. The summed E-state index contributed by atoms with van der Waals surface area (Å²) in [5.74, 6) is 1.46. The first-order valence-electron chi connectivity index (χ1n) is 22.9. The predicted octanol–water partition coefficient (Wildman–Crippen LogP) is 5.33. The van der Waals surface area contributed by atoms with Gasteiger partial charge in [-0.1, -0.05) is 0 Å². The number of nitrogens with zero attached hydrogens (tertiary/aromatic N) is 9. The maximum atomic E-state index is 13.0. The molecule has 1 amide bonds. The number of H-pyrrole nitrogens is 1. The van der Waals surface area contributed by atoms with Crippen LogP contribution >= 0.6 is 0 Å². The lowest BCUT2D eigenvalue weighted by atomic mass is 10.2. The number of carbonyl (C=O) groups is 4. The summed E-state index contributed by atoms with van der Waals surface area (Å²) >= 11 is 0. The van der Waals surface area contributed by atoms with Gasteiger partial charge in [0.1, 0.15) is 52.3 Å². The molecule has 4 aliphatic rings. The van der Waals surface area contributed by atoms with Crippen LogP contribution in [0.2, 0.25) is 0 Å². The van der Waals surface area contributed by atoms with Gasteiger partial charge in [0.2, 0.25) is 0 Å². The average molecular weight is 1040 g/mol. The molecule has 0 unspecified atom stereocenters. The van der Waals surface area contributed by atoms with Gasteiger partial charge in [-0.25, -0.2) is 53.5 Å². The van der Waals surface area contributed by atoms with Crippen LogP contribution in [0.1, 0.15) is 109 Å². The normalized spacial score (nSPS) is 18.2. The van der Waals surface area contributed by atoms with Crippen molar-refractivity contribution in [1.82, 2.24) is 42.8 Å². The van der Waals surface area contributed by atoms with E-state index in [1.54, 1.807) is 95.3 Å². The van der Waals surface area contributed by atoms with Gasteiger partial charge < -0.3 is 38.5 Å². The van der Waals surface area contributed by atoms with E-state index in [0.717, 1.165) is 29.7 Å². The summed E-state index contributed by atoms with van der Waals surface area (Å²) < 4.78 is 80.0. The lowest BCUT2D eigenvalue weighted by Crippen LogP contribution is -2.60. The molecule has 8 rings (SSSR count). The fourth-order valence-electron chi connectivity index (χ4n) is 7.99. The summed E-state index contributed by atoms with van der Waals surface area (Å²) in [5.41, 5.74) is -2.65. The van der Waals surface area contributed by atoms with E-state index in [2.05, 4.69) is 34.6 Å². The molecule has 4 aromatic rings. The Balaban J connectivity index is 0.000000194. The van der Waals surface area contributed by atoms with Gasteiger partial charge in [0, 0.05) is 51.7 Å². The zero-order valence-corrected chi connectivity index (χ0v) is 43.9. The molecule has 4 fully saturated rings. The summed E-state index contributed by atoms with van der Waals surface area (Å²) in [5, 5.41) is 6.95. The molecular weight excluding hydrogens is 969 g/mol. The Bertz CT molecular complexity index is 2830. The maximum Gasteiger partial charge on any atom is 0.519 e. The Kier molecular flexibility index (Phi) is 15.0. The molecule has 0 bridgehead atoms. The van der Waals surface area contributed by atoms with E-state index in [4.69, 9.17) is 24.1 Å². The van der Waals surface area contributed by atoms with E-state index in [-0.39, 0.29) is 12.1 Å². The van der Waals surface area contributed by atoms with E-state index in [1.165, 1.54) is 25.8 Å². The number of aromatic nitrogens is 6. The lowest BCUT2D eigenvalue weighted by Gasteiger charge is -2.41. The van der Waals surface area contributed by atoms with Gasteiger partial charge in [0.25, 0.3) is 10.2 Å². The largest absolute Gasteiger partial charge is 0.519 e. The number of fused-ring (bicyclic) bond motifs is 2. The van der Waals surface area contributed by atoms with Crippen molar-refractivity contribution in [3.8, 4) is 0 Å². The number of hydrogen-bond acceptors (Lipinski definition) is 19. The molecular formula is C44H66N12O13S2. The number of carbonyl (C=O) groups excluding carboxylic acids is 4. The molecule has 2 saturated carbocycles. The zero-order chi connectivity index (χ0) is 52.8. The Morgan fingerprint density at radius 2 is 1.11 bits per heavy atom. The fraction of sp³-hybridized carbons (Fsp3) is 0.636. The van der Waals surface area contributed by atoms with Gasteiger partial charge in [-0.15, -0.1) is 0 Å². The Morgan fingerprint density at radius 3 is 1.61 bits per heavy atom. The third kappa shape index (κ3) is 14.2. The van der Waals surface area contributed by atoms with Crippen LogP contribution in [0.5, 0.6) is 0 Å². The van der Waals surface area contributed by atoms with Crippen molar-refractivity contribution in [1.29, 1.82) is 0 Å². The second kappa shape index (κ2) is 19.6. The highest BCUT2D eigenvalue weighted by Gasteiger charge is 2.57. The standard InChI is InChI=1S/C22H32N6O6S.C12H16N6O2S.C10H18O5/c1-20(2,3)33-18(29)25-35(31,32)28-12-11-26(13-22(28)8-9-22)16-15-7-10-27(17(15)24-14-23-16)19(30)34-21(4,5)6;13-21(19,20)18-6-5-17(7-12(18)2-3-12)11-9-1-4-14-10(9)15-8-16-11;1-9(2,3)14-7(11)13-8(12)15-10(4,5)6/h7,10,14H,8-9,11-13H2,1-6H3,(H,25,29);1,4,8H,2-3,5-7H2,(H2,13,19,20)(H,14,15,16);1-6H3. The minimum Gasteiger partial charge on any atom is -0.443 e. The topological polar surface area (TPSA) is 306 Å². The van der Waals surface area contributed by atoms with Crippen molar-refractivity contribution in [3.63, 3.8) is 0 Å². The van der Waals surface area contributed by atoms with Gasteiger partial charge in [-0.2, -0.15) is 25.4 Å². The first-order chi connectivity index (χ1) is 32.6. The number of nitrogens with one attached hydrogen (secondary N) is 2. The quantitative estimate of drug-likeness (QED) is 0.129. The van der Waals surface area contributed by atoms with E-state index in [9.17, 15) is 36.0 Å². The highest BCUT2D eigenvalue weighted by atomic mass is 32.2. The van der Waals surface area contributed by atoms with Gasteiger partial charge in [-0.05, 0) is 121 Å². The molecule has 2 aliphatic heterocycles. The smallest absolute Gasteiger partial charge is 0.443 e. The summed E-state index contributed by atoms with van der Waals surface area (Å²) in [6, 6.07) is 3.69. The van der Waals surface area contributed by atoms with E-state index < -0.39 is 72.9 Å². The van der Waals surface area contributed by atoms with Crippen LogP contribution in [-0.4, -0.2) is 152 Å². The molecule has 25 nitrogen and oxygen atoms in total. The van der Waals surface area contributed by atoms with Crippen LogP contribution in [0.25, 0.3) is 22.1 Å². The van der Waals surface area contributed by atoms with Crippen LogP contribution in [0, 0.1) is 0 Å². The van der Waals surface area contributed by atoms with Gasteiger partial charge in [0.15, 0.2) is 5.65 Å². The molecule has 4 aromatic heterocycles. The lowest BCUT2D eigenvalue weighted by molar-refractivity contribution is -0.0294. The predicted molar refractivity (Wildman–Crippen MR) is 260 cm³/mol. The summed E-state index contributed by atoms with van der Waals surface area (Å²) in [4.78, 5) is 71.2. The SMILES string of the molecule is CC(C)(C)OC(=O)NS(=O)(=O)N1CCN(c2ncnc3c2ccn3C(=O)OC(C)(C)C)CC12CC2.CC(C)(C)OC(=O)OC(=O)OC(C)(C)C.NS(=O)(=O)N1CCN(c2ncnc3[nH]ccc23)CC12CC2. The number of anilines is 2. The van der Waals surface area contributed by atoms with Crippen molar-refractivity contribution in [2.45, 2.75) is 142 Å². The summed E-state index contributed by atoms with van der Waals surface area (Å²) in [6.07, 6.45) is 5.68. The van der Waals surface area contributed by atoms with Crippen molar-refractivity contribution >= 4 is 78.6 Å². The van der Waals surface area contributed by atoms with Crippen molar-refractivity contribution in [2.75, 3.05) is 49.1 Å². The number of nitrogens with two attached hydrogens (primary N) is 1. The molecule has 4 N–H and O–H groups in total.